The van der Waals surface area contributed by atoms with Gasteiger partial charge in [-0.3, -0.25) is 5.32 Å². The van der Waals surface area contributed by atoms with Crippen molar-refractivity contribution in [2.24, 2.45) is 4.99 Å². The highest BCUT2D eigenvalue weighted by Crippen LogP contribution is 2.43. The monoisotopic (exact) mass is 596 g/mol. The van der Waals surface area contributed by atoms with Gasteiger partial charge in [0.05, 0.1) is 16.4 Å². The van der Waals surface area contributed by atoms with Crippen LogP contribution in [0.2, 0.25) is 0 Å². The zero-order valence-corrected chi connectivity index (χ0v) is 25.0. The highest BCUT2D eigenvalue weighted by Gasteiger charge is 2.37. The maximum absolute atomic E-state index is 6.58. The van der Waals surface area contributed by atoms with Crippen molar-refractivity contribution in [1.82, 2.24) is 15.2 Å². The summed E-state index contributed by atoms with van der Waals surface area (Å²) in [6.07, 6.45) is -0.268. The molecule has 2 unspecified atom stereocenters. The number of aromatic nitrogens is 1. The Kier molecular flexibility index (Phi) is 5.17. The zero-order valence-electron chi connectivity index (χ0n) is 25.0. The van der Waals surface area contributed by atoms with Gasteiger partial charge in [0.1, 0.15) is 34.3 Å². The number of furan rings is 2. The van der Waals surface area contributed by atoms with E-state index in [0.717, 1.165) is 82.6 Å². The molecule has 46 heavy (non-hydrogen) atoms. The maximum atomic E-state index is 6.58. The van der Waals surface area contributed by atoms with Gasteiger partial charge in [0.15, 0.2) is 5.79 Å². The number of para-hydroxylation sites is 2. The number of hydrogen-bond acceptors (Lipinski definition) is 5. The fraction of sp³-hybridized carbons (Fsp3) is 0.0750. The second-order valence-corrected chi connectivity index (χ2v) is 12.2. The summed E-state index contributed by atoms with van der Waals surface area (Å²) < 4.78 is 15.4. The van der Waals surface area contributed by atoms with Crippen LogP contribution in [-0.4, -0.2) is 10.4 Å². The van der Waals surface area contributed by atoms with Crippen molar-refractivity contribution in [3.63, 3.8) is 0 Å². The summed E-state index contributed by atoms with van der Waals surface area (Å²) in [6.45, 7) is 2.19. The first-order valence-corrected chi connectivity index (χ1v) is 15.6. The van der Waals surface area contributed by atoms with Gasteiger partial charge in [0, 0.05) is 38.6 Å². The Balaban J connectivity index is 1.24. The van der Waals surface area contributed by atoms with Gasteiger partial charge in [-0.15, -0.1) is 0 Å². The Morgan fingerprint density at radius 3 is 2.20 bits per heavy atom. The molecule has 3 aromatic heterocycles. The molecule has 4 heterocycles. The lowest BCUT2D eigenvalue weighted by molar-refractivity contribution is 0.189. The first-order valence-electron chi connectivity index (χ1n) is 15.6. The van der Waals surface area contributed by atoms with Gasteiger partial charge in [0.2, 0.25) is 0 Å². The fourth-order valence-corrected chi connectivity index (χ4v) is 7.37. The molecule has 9 aromatic rings. The molecule has 0 fully saturated rings. The topological polar surface area (TPSA) is 67.6 Å². The lowest BCUT2D eigenvalue weighted by atomic mass is 10.1. The number of nitrogens with zero attached hydrogens (tertiary/aromatic N) is 2. The summed E-state index contributed by atoms with van der Waals surface area (Å²) in [5, 5.41) is 14.2. The van der Waals surface area contributed by atoms with E-state index in [0.29, 0.717) is 0 Å². The van der Waals surface area contributed by atoms with E-state index < -0.39 is 5.79 Å². The number of aliphatic imine (C=N–C) groups is 1. The van der Waals surface area contributed by atoms with Crippen LogP contribution in [0.5, 0.6) is 0 Å². The Bertz CT molecular complexity index is 2670. The minimum Gasteiger partial charge on any atom is -0.456 e. The summed E-state index contributed by atoms with van der Waals surface area (Å²) in [5.41, 5.74) is 7.65. The van der Waals surface area contributed by atoms with Gasteiger partial charge in [-0.1, -0.05) is 97.1 Å². The molecule has 0 spiro atoms. The third-order valence-electron chi connectivity index (χ3n) is 9.42. The van der Waals surface area contributed by atoms with E-state index in [9.17, 15) is 0 Å². The van der Waals surface area contributed by atoms with E-state index in [-0.39, 0.29) is 6.17 Å². The molecule has 0 saturated heterocycles. The standard InChI is InChI=1S/C40H28N4O2/c1-40(42-38(24-12-4-2-5-13-24)41-39(43-40)25-14-6-3-7-15-25)44-31-18-10-8-16-26(31)29-22-30-35(23-32(29)44)45-34-21-20-28-27-17-9-11-19-33(27)46-37(28)36(30)34/h2-23,38,42H,1H3,(H,41,43). The van der Waals surface area contributed by atoms with Gasteiger partial charge in [0.25, 0.3) is 0 Å². The number of amidine groups is 1. The van der Waals surface area contributed by atoms with Gasteiger partial charge < -0.3 is 18.7 Å². The van der Waals surface area contributed by atoms with Crippen molar-refractivity contribution >= 4 is 71.5 Å². The van der Waals surface area contributed by atoms with Crippen molar-refractivity contribution in [2.45, 2.75) is 18.9 Å². The molecule has 1 aliphatic rings. The average molecular weight is 597 g/mol. The highest BCUT2D eigenvalue weighted by molar-refractivity contribution is 6.24. The number of nitrogens with one attached hydrogen (secondary N) is 2. The molecule has 6 aromatic carbocycles. The third kappa shape index (κ3) is 3.59. The molecule has 10 rings (SSSR count). The summed E-state index contributed by atoms with van der Waals surface area (Å²) in [4.78, 5) is 5.17. The Labute approximate surface area is 263 Å². The molecule has 220 valence electrons. The second-order valence-electron chi connectivity index (χ2n) is 12.2. The second kappa shape index (κ2) is 9.33. The Hall–Kier alpha value is -5.85. The van der Waals surface area contributed by atoms with Crippen LogP contribution in [0.25, 0.3) is 65.7 Å². The molecule has 2 atom stereocenters. The van der Waals surface area contributed by atoms with E-state index in [1.165, 1.54) is 0 Å². The molecule has 0 saturated carbocycles. The average Bonchev–Trinajstić information content (AvgIpc) is 3.77. The summed E-state index contributed by atoms with van der Waals surface area (Å²) in [6, 6.07) is 46.2. The van der Waals surface area contributed by atoms with E-state index in [2.05, 4.69) is 119 Å². The van der Waals surface area contributed by atoms with Crippen molar-refractivity contribution in [3.8, 4) is 0 Å². The lowest BCUT2D eigenvalue weighted by Gasteiger charge is -2.42. The van der Waals surface area contributed by atoms with Gasteiger partial charge in [-0.25, -0.2) is 4.99 Å². The molecular formula is C40H28N4O2. The molecule has 0 radical (unpaired) electrons. The highest BCUT2D eigenvalue weighted by atomic mass is 16.3. The lowest BCUT2D eigenvalue weighted by Crippen LogP contribution is -2.61. The summed E-state index contributed by atoms with van der Waals surface area (Å²) >= 11 is 0. The SMILES string of the molecule is CC1(n2c3ccccc3c3cc4c(cc32)oc2ccc3c5ccccc5oc3c24)NC(c2ccccc2)=NC(c2ccccc2)N1. The number of rotatable bonds is 3. The van der Waals surface area contributed by atoms with Crippen LogP contribution in [-0.2, 0) is 5.79 Å². The van der Waals surface area contributed by atoms with Crippen LogP contribution in [0, 0.1) is 0 Å². The molecule has 1 aliphatic heterocycles. The Morgan fingerprint density at radius 2 is 1.35 bits per heavy atom. The third-order valence-corrected chi connectivity index (χ3v) is 9.42. The molecule has 0 amide bonds. The fourth-order valence-electron chi connectivity index (χ4n) is 7.37. The van der Waals surface area contributed by atoms with Crippen LogP contribution in [0.15, 0.2) is 147 Å². The number of benzene rings is 6. The largest absolute Gasteiger partial charge is 0.456 e. The van der Waals surface area contributed by atoms with Crippen molar-refractivity contribution in [1.29, 1.82) is 0 Å². The minimum atomic E-state index is -0.750. The predicted molar refractivity (Wildman–Crippen MR) is 186 cm³/mol. The van der Waals surface area contributed by atoms with Crippen LogP contribution >= 0.6 is 0 Å². The molecule has 0 bridgehead atoms. The van der Waals surface area contributed by atoms with Gasteiger partial charge in [-0.05, 0) is 42.8 Å². The maximum Gasteiger partial charge on any atom is 0.171 e. The van der Waals surface area contributed by atoms with E-state index in [1.807, 2.05) is 36.4 Å². The van der Waals surface area contributed by atoms with Crippen molar-refractivity contribution < 1.29 is 8.83 Å². The van der Waals surface area contributed by atoms with Crippen molar-refractivity contribution in [2.75, 3.05) is 0 Å². The molecule has 2 N–H and O–H groups in total. The first kappa shape index (κ1) is 25.5. The zero-order chi connectivity index (χ0) is 30.4. The summed E-state index contributed by atoms with van der Waals surface area (Å²) in [5.74, 6) is 0.0826. The van der Waals surface area contributed by atoms with E-state index >= 15 is 0 Å². The van der Waals surface area contributed by atoms with Gasteiger partial charge in [-0.2, -0.15) is 0 Å². The summed E-state index contributed by atoms with van der Waals surface area (Å²) in [7, 11) is 0. The normalized spacial score (nSPS) is 18.6. The number of fused-ring (bicyclic) bond motifs is 10. The molecule has 6 heteroatoms. The molecule has 6 nitrogen and oxygen atoms in total. The minimum absolute atomic E-state index is 0.268. The smallest absolute Gasteiger partial charge is 0.171 e. The predicted octanol–water partition coefficient (Wildman–Crippen LogP) is 9.56. The van der Waals surface area contributed by atoms with Crippen LogP contribution in [0.1, 0.15) is 24.2 Å². The van der Waals surface area contributed by atoms with Crippen LogP contribution in [0.3, 0.4) is 0 Å². The Morgan fingerprint density at radius 1 is 0.609 bits per heavy atom. The van der Waals surface area contributed by atoms with Crippen molar-refractivity contribution in [3.05, 3.63) is 145 Å². The first-order chi connectivity index (χ1) is 22.6. The van der Waals surface area contributed by atoms with Crippen LogP contribution in [0.4, 0.5) is 0 Å². The molecular weight excluding hydrogens is 568 g/mol. The number of hydrogen-bond donors (Lipinski definition) is 2. The molecule has 0 aliphatic carbocycles. The van der Waals surface area contributed by atoms with Gasteiger partial charge >= 0.3 is 0 Å². The van der Waals surface area contributed by atoms with E-state index in [1.54, 1.807) is 0 Å². The van der Waals surface area contributed by atoms with E-state index in [4.69, 9.17) is 13.8 Å². The quantitative estimate of drug-likeness (QED) is 0.213. The van der Waals surface area contributed by atoms with Crippen LogP contribution < -0.4 is 10.6 Å².